The van der Waals surface area contributed by atoms with Gasteiger partial charge in [-0.3, -0.25) is 14.9 Å². The fraction of sp³-hybridized carbons (Fsp3) is 0.500. The first kappa shape index (κ1) is 23.3. The molecule has 1 aromatic rings. The first-order valence-corrected chi connectivity index (χ1v) is 8.94. The van der Waals surface area contributed by atoms with Crippen LogP contribution in [0.1, 0.15) is 19.4 Å². The van der Waals surface area contributed by atoms with Gasteiger partial charge in [0.2, 0.25) is 0 Å². The van der Waals surface area contributed by atoms with Crippen molar-refractivity contribution < 1.29 is 37.5 Å². The number of carbonyl (C=O) groups excluding carboxylic acids is 3. The minimum atomic E-state index is -2.87. The molecule has 0 saturated heterocycles. The number of nitrogens with one attached hydrogen (secondary N) is 3. The molecule has 3 N–H and O–H groups in total. The Kier molecular flexibility index (Phi) is 10.5. The van der Waals surface area contributed by atoms with Crippen molar-refractivity contribution in [2.24, 2.45) is 0 Å². The Morgan fingerprint density at radius 2 is 1.71 bits per heavy atom. The van der Waals surface area contributed by atoms with E-state index in [1.54, 1.807) is 19.1 Å². The summed E-state index contributed by atoms with van der Waals surface area (Å²) in [6.07, 6.45) is -0.289. The van der Waals surface area contributed by atoms with Gasteiger partial charge in [0.15, 0.2) is 13.1 Å². The van der Waals surface area contributed by atoms with E-state index in [9.17, 15) is 23.2 Å². The van der Waals surface area contributed by atoms with Crippen LogP contribution in [0.25, 0.3) is 0 Å². The van der Waals surface area contributed by atoms with Crippen molar-refractivity contribution in [1.82, 2.24) is 10.6 Å². The number of alkyl halides is 2. The second kappa shape index (κ2) is 12.6. The van der Waals surface area contributed by atoms with Gasteiger partial charge in [0.1, 0.15) is 5.75 Å². The van der Waals surface area contributed by atoms with Gasteiger partial charge in [-0.15, -0.1) is 0 Å². The molecule has 8 nitrogen and oxygen atoms in total. The molecule has 0 aliphatic carbocycles. The molecule has 0 heterocycles. The summed E-state index contributed by atoms with van der Waals surface area (Å²) in [5, 5.41) is 4.83. The van der Waals surface area contributed by atoms with Crippen molar-refractivity contribution in [2.75, 3.05) is 32.8 Å². The molecule has 0 aliphatic heterocycles. The topological polar surface area (TPSA) is 98.2 Å². The molecule has 0 fully saturated rings. The number of quaternary nitrogens is 1. The SMILES string of the molecule is CCOC(=O)NC(=O)C[NH+](CC)CC(=O)NCCc1ccc(OC(F)F)cc1. The summed E-state index contributed by atoms with van der Waals surface area (Å²) >= 11 is 0. The zero-order chi connectivity index (χ0) is 20.9. The lowest BCUT2D eigenvalue weighted by atomic mass is 10.1. The monoisotopic (exact) mass is 402 g/mol. The molecule has 1 atom stereocenters. The molecule has 0 bridgehead atoms. The second-order valence-corrected chi connectivity index (χ2v) is 5.85. The molecular weight excluding hydrogens is 376 g/mol. The van der Waals surface area contributed by atoms with E-state index in [4.69, 9.17) is 0 Å². The van der Waals surface area contributed by atoms with Crippen molar-refractivity contribution in [3.8, 4) is 5.75 Å². The summed E-state index contributed by atoms with van der Waals surface area (Å²) in [6, 6.07) is 6.17. The number of imide groups is 1. The third kappa shape index (κ3) is 9.81. The summed E-state index contributed by atoms with van der Waals surface area (Å²) in [4.78, 5) is 35.7. The minimum Gasteiger partial charge on any atom is -0.450 e. The van der Waals surface area contributed by atoms with Crippen molar-refractivity contribution >= 4 is 17.9 Å². The maximum Gasteiger partial charge on any atom is 0.414 e. The molecule has 0 aromatic heterocycles. The maximum atomic E-state index is 12.1. The van der Waals surface area contributed by atoms with Crippen molar-refractivity contribution in [3.63, 3.8) is 0 Å². The molecule has 1 aromatic carbocycles. The third-order valence-electron chi connectivity index (χ3n) is 3.72. The molecule has 3 amide bonds. The van der Waals surface area contributed by atoms with E-state index in [-0.39, 0.29) is 31.4 Å². The van der Waals surface area contributed by atoms with Gasteiger partial charge in [0.05, 0.1) is 13.2 Å². The van der Waals surface area contributed by atoms with E-state index in [0.29, 0.717) is 24.4 Å². The number of ether oxygens (including phenoxy) is 2. The van der Waals surface area contributed by atoms with Crippen LogP contribution in [-0.2, 0) is 20.7 Å². The Morgan fingerprint density at radius 3 is 2.29 bits per heavy atom. The van der Waals surface area contributed by atoms with Crippen LogP contribution in [0, 0.1) is 0 Å². The summed E-state index contributed by atoms with van der Waals surface area (Å²) in [7, 11) is 0. The smallest absolute Gasteiger partial charge is 0.414 e. The van der Waals surface area contributed by atoms with Gasteiger partial charge in [-0.05, 0) is 38.0 Å². The molecule has 0 aliphatic rings. The lowest BCUT2D eigenvalue weighted by Gasteiger charge is -2.16. The summed E-state index contributed by atoms with van der Waals surface area (Å²) in [6.45, 7) is 1.67. The van der Waals surface area contributed by atoms with Gasteiger partial charge in [0.25, 0.3) is 11.8 Å². The zero-order valence-corrected chi connectivity index (χ0v) is 15.9. The highest BCUT2D eigenvalue weighted by atomic mass is 19.3. The van der Waals surface area contributed by atoms with Crippen LogP contribution in [-0.4, -0.2) is 57.3 Å². The van der Waals surface area contributed by atoms with Crippen LogP contribution in [0.3, 0.4) is 0 Å². The lowest BCUT2D eigenvalue weighted by molar-refractivity contribution is -0.881. The van der Waals surface area contributed by atoms with E-state index >= 15 is 0 Å². The van der Waals surface area contributed by atoms with E-state index in [2.05, 4.69) is 20.1 Å². The van der Waals surface area contributed by atoms with Crippen molar-refractivity contribution in [2.45, 2.75) is 26.9 Å². The third-order valence-corrected chi connectivity index (χ3v) is 3.72. The molecule has 1 unspecified atom stereocenters. The van der Waals surface area contributed by atoms with Crippen LogP contribution < -0.4 is 20.3 Å². The number of hydrogen-bond acceptors (Lipinski definition) is 5. The standard InChI is InChI=1S/C18H25F2N3O5/c1-3-23(12-16(25)22-18(26)27-4-2)11-15(24)21-10-9-13-5-7-14(8-6-13)28-17(19)20/h5-8,17H,3-4,9-12H2,1-2H3,(H,21,24)(H,22,25,26)/p+1. The highest BCUT2D eigenvalue weighted by Gasteiger charge is 2.18. The number of hydrogen-bond donors (Lipinski definition) is 3. The zero-order valence-electron chi connectivity index (χ0n) is 15.9. The molecule has 0 radical (unpaired) electrons. The summed E-state index contributed by atoms with van der Waals surface area (Å²) in [5.74, 6) is -0.682. The molecule has 0 spiro atoms. The number of likely N-dealkylation sites (N-methyl/N-ethyl adjacent to an activating group) is 1. The predicted molar refractivity (Wildman–Crippen MR) is 96.2 cm³/mol. The Labute approximate surface area is 162 Å². The van der Waals surface area contributed by atoms with Crippen molar-refractivity contribution in [1.29, 1.82) is 0 Å². The van der Waals surface area contributed by atoms with Gasteiger partial charge in [-0.25, -0.2) is 4.79 Å². The predicted octanol–water partition coefficient (Wildman–Crippen LogP) is 0.124. The fourth-order valence-electron chi connectivity index (χ4n) is 2.34. The van der Waals surface area contributed by atoms with Crippen molar-refractivity contribution in [3.05, 3.63) is 29.8 Å². The number of benzene rings is 1. The van der Waals surface area contributed by atoms with Crippen LogP contribution in [0.2, 0.25) is 0 Å². The Hall–Kier alpha value is -2.75. The van der Waals surface area contributed by atoms with Gasteiger partial charge in [-0.1, -0.05) is 12.1 Å². The molecule has 1 rings (SSSR count). The average Bonchev–Trinajstić information content (AvgIpc) is 2.62. The highest BCUT2D eigenvalue weighted by Crippen LogP contribution is 2.14. The summed E-state index contributed by atoms with van der Waals surface area (Å²) < 4.78 is 33.1. The number of rotatable bonds is 11. The maximum absolute atomic E-state index is 12.1. The van der Waals surface area contributed by atoms with E-state index in [1.165, 1.54) is 12.1 Å². The molecular formula is C18H26F2N3O5+. The first-order chi connectivity index (χ1) is 13.3. The van der Waals surface area contributed by atoms with Crippen LogP contribution >= 0.6 is 0 Å². The molecule has 28 heavy (non-hydrogen) atoms. The lowest BCUT2D eigenvalue weighted by Crippen LogP contribution is -3.14. The van der Waals surface area contributed by atoms with Gasteiger partial charge < -0.3 is 19.7 Å². The van der Waals surface area contributed by atoms with Gasteiger partial charge >= 0.3 is 12.7 Å². The van der Waals surface area contributed by atoms with Crippen LogP contribution in [0.4, 0.5) is 13.6 Å². The summed E-state index contributed by atoms with van der Waals surface area (Å²) in [5.41, 5.74) is 0.857. The van der Waals surface area contributed by atoms with E-state index < -0.39 is 18.6 Å². The highest BCUT2D eigenvalue weighted by molar-refractivity contribution is 5.92. The number of carbonyl (C=O) groups is 3. The largest absolute Gasteiger partial charge is 0.450 e. The normalized spacial score (nSPS) is 11.6. The van der Waals surface area contributed by atoms with Crippen LogP contribution in [0.15, 0.2) is 24.3 Å². The Bertz CT molecular complexity index is 641. The Balaban J connectivity index is 2.33. The molecule has 10 heteroatoms. The van der Waals surface area contributed by atoms with Gasteiger partial charge in [-0.2, -0.15) is 8.78 Å². The Morgan fingerprint density at radius 1 is 1.07 bits per heavy atom. The second-order valence-electron chi connectivity index (χ2n) is 5.85. The first-order valence-electron chi connectivity index (χ1n) is 8.94. The van der Waals surface area contributed by atoms with Crippen LogP contribution in [0.5, 0.6) is 5.75 Å². The molecule has 0 saturated carbocycles. The van der Waals surface area contributed by atoms with E-state index in [0.717, 1.165) is 5.56 Å². The average molecular weight is 402 g/mol. The number of amides is 3. The number of alkyl carbamates (subject to hydrolysis) is 1. The molecule has 156 valence electrons. The van der Waals surface area contributed by atoms with E-state index in [1.807, 2.05) is 6.92 Å². The minimum absolute atomic E-state index is 0.0334. The van der Waals surface area contributed by atoms with Gasteiger partial charge in [0, 0.05) is 6.54 Å². The quantitative estimate of drug-likeness (QED) is 0.489. The number of halogens is 2. The fourth-order valence-corrected chi connectivity index (χ4v) is 2.34.